The van der Waals surface area contributed by atoms with Crippen LogP contribution in [0.4, 0.5) is 0 Å². The smallest absolute Gasteiger partial charge is 0.242 e. The SMILES string of the molecule is CC[C@@H](C(=O)NCC(C)C)N(Cc1c(Cl)cccc1Cl)C(=O)CCCOc1ccccc1. The molecule has 0 bridgehead atoms. The normalized spacial score (nSPS) is 11.8. The molecule has 2 aromatic rings. The summed E-state index contributed by atoms with van der Waals surface area (Å²) in [5, 5.41) is 3.89. The minimum Gasteiger partial charge on any atom is -0.494 e. The van der Waals surface area contributed by atoms with Crippen LogP contribution in [-0.2, 0) is 16.1 Å². The second kappa shape index (κ2) is 13.3. The fraction of sp³-hybridized carbons (Fsp3) is 0.440. The monoisotopic (exact) mass is 478 g/mol. The lowest BCUT2D eigenvalue weighted by molar-refractivity contribution is -0.141. The van der Waals surface area contributed by atoms with E-state index in [1.807, 2.05) is 51.1 Å². The Morgan fingerprint density at radius 1 is 1.03 bits per heavy atom. The summed E-state index contributed by atoms with van der Waals surface area (Å²) in [4.78, 5) is 27.7. The fourth-order valence-corrected chi connectivity index (χ4v) is 3.79. The van der Waals surface area contributed by atoms with Crippen LogP contribution in [0.3, 0.4) is 0 Å². The van der Waals surface area contributed by atoms with Gasteiger partial charge in [0.15, 0.2) is 0 Å². The summed E-state index contributed by atoms with van der Waals surface area (Å²) in [6.07, 6.45) is 1.27. The van der Waals surface area contributed by atoms with Crippen LogP contribution < -0.4 is 10.1 Å². The lowest BCUT2D eigenvalue weighted by Gasteiger charge is -2.31. The van der Waals surface area contributed by atoms with Crippen molar-refractivity contribution in [2.75, 3.05) is 13.2 Å². The molecule has 0 aliphatic carbocycles. The molecule has 2 rings (SSSR count). The van der Waals surface area contributed by atoms with Crippen LogP contribution in [0.5, 0.6) is 5.75 Å². The minimum atomic E-state index is -0.608. The molecule has 0 aromatic heterocycles. The number of nitrogens with one attached hydrogen (secondary N) is 1. The molecule has 0 saturated carbocycles. The first-order chi connectivity index (χ1) is 15.3. The van der Waals surface area contributed by atoms with Gasteiger partial charge < -0.3 is 15.0 Å². The van der Waals surface area contributed by atoms with Crippen LogP contribution in [0.15, 0.2) is 48.5 Å². The number of ether oxygens (including phenoxy) is 1. The van der Waals surface area contributed by atoms with E-state index in [9.17, 15) is 9.59 Å². The highest BCUT2D eigenvalue weighted by molar-refractivity contribution is 6.36. The average Bonchev–Trinajstić information content (AvgIpc) is 2.77. The summed E-state index contributed by atoms with van der Waals surface area (Å²) in [5.74, 6) is 0.773. The Labute approximate surface area is 201 Å². The Hall–Kier alpha value is -2.24. The van der Waals surface area contributed by atoms with E-state index in [0.29, 0.717) is 47.5 Å². The van der Waals surface area contributed by atoms with Crippen molar-refractivity contribution in [1.29, 1.82) is 0 Å². The van der Waals surface area contributed by atoms with Gasteiger partial charge in [-0.3, -0.25) is 9.59 Å². The Bertz CT molecular complexity index is 854. The Balaban J connectivity index is 2.12. The zero-order chi connectivity index (χ0) is 23.5. The van der Waals surface area contributed by atoms with Crippen molar-refractivity contribution in [3.05, 3.63) is 64.1 Å². The molecule has 0 spiro atoms. The number of carbonyl (C=O) groups is 2. The third-order valence-corrected chi connectivity index (χ3v) is 5.72. The maximum absolute atomic E-state index is 13.2. The first kappa shape index (κ1) is 26.0. The number of benzene rings is 2. The highest BCUT2D eigenvalue weighted by Crippen LogP contribution is 2.27. The molecule has 1 N–H and O–H groups in total. The largest absolute Gasteiger partial charge is 0.494 e. The highest BCUT2D eigenvalue weighted by atomic mass is 35.5. The maximum Gasteiger partial charge on any atom is 0.242 e. The van der Waals surface area contributed by atoms with Gasteiger partial charge >= 0.3 is 0 Å². The summed E-state index contributed by atoms with van der Waals surface area (Å²) in [6.45, 7) is 7.08. The van der Waals surface area contributed by atoms with Crippen LogP contribution in [0, 0.1) is 5.92 Å². The van der Waals surface area contributed by atoms with Crippen LogP contribution in [0.25, 0.3) is 0 Å². The van der Waals surface area contributed by atoms with Crippen molar-refractivity contribution < 1.29 is 14.3 Å². The zero-order valence-corrected chi connectivity index (χ0v) is 20.5. The number of rotatable bonds is 12. The van der Waals surface area contributed by atoms with Gasteiger partial charge in [0.25, 0.3) is 0 Å². The van der Waals surface area contributed by atoms with Crippen LogP contribution >= 0.6 is 23.2 Å². The van der Waals surface area contributed by atoms with E-state index in [4.69, 9.17) is 27.9 Å². The summed E-state index contributed by atoms with van der Waals surface area (Å²) < 4.78 is 5.70. The predicted octanol–water partition coefficient (Wildman–Crippen LogP) is 5.73. The van der Waals surface area contributed by atoms with Gasteiger partial charge in [-0.2, -0.15) is 0 Å². The lowest BCUT2D eigenvalue weighted by atomic mass is 10.1. The van der Waals surface area contributed by atoms with E-state index >= 15 is 0 Å². The van der Waals surface area contributed by atoms with Gasteiger partial charge in [-0.05, 0) is 43.0 Å². The number of para-hydroxylation sites is 1. The zero-order valence-electron chi connectivity index (χ0n) is 18.9. The van der Waals surface area contributed by atoms with Gasteiger partial charge in [0.2, 0.25) is 11.8 Å². The van der Waals surface area contributed by atoms with Gasteiger partial charge in [-0.15, -0.1) is 0 Å². The van der Waals surface area contributed by atoms with E-state index in [2.05, 4.69) is 5.32 Å². The number of hydrogen-bond acceptors (Lipinski definition) is 3. The topological polar surface area (TPSA) is 58.6 Å². The summed E-state index contributed by atoms with van der Waals surface area (Å²) in [7, 11) is 0. The van der Waals surface area contributed by atoms with Gasteiger partial charge in [-0.1, -0.05) is 68.2 Å². The Kier molecular flexibility index (Phi) is 10.8. The van der Waals surface area contributed by atoms with Crippen molar-refractivity contribution in [2.45, 2.75) is 52.6 Å². The lowest BCUT2D eigenvalue weighted by Crippen LogP contribution is -2.49. The van der Waals surface area contributed by atoms with Gasteiger partial charge in [-0.25, -0.2) is 0 Å². The summed E-state index contributed by atoms with van der Waals surface area (Å²) in [6, 6.07) is 14.1. The number of hydrogen-bond donors (Lipinski definition) is 1. The van der Waals surface area contributed by atoms with Crippen molar-refractivity contribution >= 4 is 35.0 Å². The van der Waals surface area contributed by atoms with Crippen LogP contribution in [0.2, 0.25) is 10.0 Å². The van der Waals surface area contributed by atoms with E-state index in [0.717, 1.165) is 5.75 Å². The standard InChI is InChI=1S/C25H32Cl2N2O3/c1-4-23(25(31)28-16-18(2)3)29(17-20-21(26)12-8-13-22(20)27)24(30)14-9-15-32-19-10-6-5-7-11-19/h5-8,10-13,18,23H,4,9,14-17H2,1-3H3,(H,28,31)/t23-/m0/s1. The molecule has 0 radical (unpaired) electrons. The van der Waals surface area contributed by atoms with Gasteiger partial charge in [0, 0.05) is 35.1 Å². The molecule has 2 aromatic carbocycles. The van der Waals surface area contributed by atoms with Crippen molar-refractivity contribution in [1.82, 2.24) is 10.2 Å². The van der Waals surface area contributed by atoms with Crippen molar-refractivity contribution in [3.63, 3.8) is 0 Å². The van der Waals surface area contributed by atoms with Gasteiger partial charge in [0.1, 0.15) is 11.8 Å². The second-order valence-corrected chi connectivity index (χ2v) is 8.86. The average molecular weight is 479 g/mol. The molecule has 0 fully saturated rings. The predicted molar refractivity (Wildman–Crippen MR) is 130 cm³/mol. The molecule has 0 aliphatic heterocycles. The first-order valence-corrected chi connectivity index (χ1v) is 11.8. The van der Waals surface area contributed by atoms with E-state index in [1.165, 1.54) is 0 Å². The molecule has 7 heteroatoms. The summed E-state index contributed by atoms with van der Waals surface area (Å²) >= 11 is 12.7. The minimum absolute atomic E-state index is 0.135. The van der Waals surface area contributed by atoms with Crippen molar-refractivity contribution in [2.24, 2.45) is 5.92 Å². The number of carbonyl (C=O) groups excluding carboxylic acids is 2. The molecule has 0 saturated heterocycles. The summed E-state index contributed by atoms with van der Waals surface area (Å²) in [5.41, 5.74) is 0.639. The Morgan fingerprint density at radius 3 is 2.28 bits per heavy atom. The van der Waals surface area contributed by atoms with Gasteiger partial charge in [0.05, 0.1) is 6.61 Å². The third-order valence-electron chi connectivity index (χ3n) is 5.01. The van der Waals surface area contributed by atoms with E-state index < -0.39 is 6.04 Å². The Morgan fingerprint density at radius 2 is 1.69 bits per heavy atom. The molecule has 32 heavy (non-hydrogen) atoms. The van der Waals surface area contributed by atoms with Crippen LogP contribution in [-0.4, -0.2) is 35.9 Å². The number of amides is 2. The third kappa shape index (κ3) is 8.03. The van der Waals surface area contributed by atoms with Crippen LogP contribution in [0.1, 0.15) is 45.6 Å². The van der Waals surface area contributed by atoms with E-state index in [1.54, 1.807) is 23.1 Å². The number of halogens is 2. The molecule has 0 heterocycles. The van der Waals surface area contributed by atoms with Crippen molar-refractivity contribution in [3.8, 4) is 5.75 Å². The molecule has 0 unspecified atom stereocenters. The molecular weight excluding hydrogens is 447 g/mol. The fourth-order valence-electron chi connectivity index (χ4n) is 3.27. The number of nitrogens with zero attached hydrogens (tertiary/aromatic N) is 1. The van der Waals surface area contributed by atoms with E-state index in [-0.39, 0.29) is 24.8 Å². The molecule has 174 valence electrons. The quantitative estimate of drug-likeness (QED) is 0.396. The molecule has 0 aliphatic rings. The molecule has 2 amide bonds. The second-order valence-electron chi connectivity index (χ2n) is 8.05. The molecule has 5 nitrogen and oxygen atoms in total. The first-order valence-electron chi connectivity index (χ1n) is 11.0. The maximum atomic E-state index is 13.2. The molecular formula is C25H32Cl2N2O3. The molecule has 1 atom stereocenters. The highest BCUT2D eigenvalue weighted by Gasteiger charge is 2.29.